The van der Waals surface area contributed by atoms with Crippen molar-refractivity contribution in [1.29, 1.82) is 0 Å². The first-order valence-corrected chi connectivity index (χ1v) is 7.74. The lowest BCUT2D eigenvalue weighted by molar-refractivity contribution is 0.300. The largest absolute Gasteiger partial charge is 0.354 e. The van der Waals surface area contributed by atoms with Crippen LogP contribution in [0.15, 0.2) is 0 Å². The third kappa shape index (κ3) is 6.12. The number of likely N-dealkylation sites (N-methyl/N-ethyl adjacent to an activating group) is 1. The van der Waals surface area contributed by atoms with Gasteiger partial charge in [0.2, 0.25) is 17.8 Å². The van der Waals surface area contributed by atoms with Crippen LogP contribution in [-0.4, -0.2) is 66.7 Å². The average molecular weight is 295 g/mol. The SMILES string of the molecule is CCCN(CC)CCNc1nc(NCC)nc(N(C)C)n1. The van der Waals surface area contributed by atoms with Crippen LogP contribution in [-0.2, 0) is 0 Å². The fourth-order valence-electron chi connectivity index (χ4n) is 1.95. The van der Waals surface area contributed by atoms with Crippen LogP contribution in [0.25, 0.3) is 0 Å². The van der Waals surface area contributed by atoms with Crippen LogP contribution < -0.4 is 15.5 Å². The van der Waals surface area contributed by atoms with Crippen molar-refractivity contribution in [2.24, 2.45) is 0 Å². The Balaban J connectivity index is 2.64. The Bertz CT molecular complexity index is 408. The number of hydrogen-bond donors (Lipinski definition) is 2. The lowest BCUT2D eigenvalue weighted by Crippen LogP contribution is -2.30. The van der Waals surface area contributed by atoms with Gasteiger partial charge in [0.25, 0.3) is 0 Å². The molecule has 1 aromatic rings. The van der Waals surface area contributed by atoms with E-state index in [1.807, 2.05) is 25.9 Å². The van der Waals surface area contributed by atoms with E-state index in [2.05, 4.69) is 44.3 Å². The molecule has 1 rings (SSSR count). The van der Waals surface area contributed by atoms with Gasteiger partial charge >= 0.3 is 0 Å². The van der Waals surface area contributed by atoms with Crippen molar-refractivity contribution in [1.82, 2.24) is 19.9 Å². The summed E-state index contributed by atoms with van der Waals surface area (Å²) in [5.41, 5.74) is 0. The molecular formula is C14H29N7. The molecule has 0 aliphatic rings. The van der Waals surface area contributed by atoms with Crippen LogP contribution in [0.4, 0.5) is 17.8 Å². The Morgan fingerprint density at radius 3 is 2.10 bits per heavy atom. The highest BCUT2D eigenvalue weighted by molar-refractivity contribution is 5.42. The van der Waals surface area contributed by atoms with Crippen LogP contribution in [0.3, 0.4) is 0 Å². The number of hydrogen-bond acceptors (Lipinski definition) is 7. The molecule has 0 aliphatic carbocycles. The number of nitrogens with one attached hydrogen (secondary N) is 2. The first-order valence-electron chi connectivity index (χ1n) is 7.74. The minimum Gasteiger partial charge on any atom is -0.354 e. The number of nitrogens with zero attached hydrogens (tertiary/aromatic N) is 5. The first-order chi connectivity index (χ1) is 10.1. The van der Waals surface area contributed by atoms with Crippen molar-refractivity contribution in [2.45, 2.75) is 27.2 Å². The summed E-state index contributed by atoms with van der Waals surface area (Å²) in [6.45, 7) is 11.2. The van der Waals surface area contributed by atoms with E-state index in [0.29, 0.717) is 17.8 Å². The highest BCUT2D eigenvalue weighted by Gasteiger charge is 2.08. The van der Waals surface area contributed by atoms with E-state index in [9.17, 15) is 0 Å². The second kappa shape index (κ2) is 9.33. The maximum atomic E-state index is 4.42. The van der Waals surface area contributed by atoms with E-state index in [-0.39, 0.29) is 0 Å². The summed E-state index contributed by atoms with van der Waals surface area (Å²) in [7, 11) is 3.85. The summed E-state index contributed by atoms with van der Waals surface area (Å²) in [5, 5.41) is 6.43. The molecule has 1 heterocycles. The average Bonchev–Trinajstić information content (AvgIpc) is 2.46. The minimum absolute atomic E-state index is 0.611. The first kappa shape index (κ1) is 17.4. The fourth-order valence-corrected chi connectivity index (χ4v) is 1.95. The molecule has 0 amide bonds. The fraction of sp³-hybridized carbons (Fsp3) is 0.786. The van der Waals surface area contributed by atoms with Crippen molar-refractivity contribution in [3.63, 3.8) is 0 Å². The Morgan fingerprint density at radius 2 is 1.57 bits per heavy atom. The molecule has 0 unspecified atom stereocenters. The third-order valence-electron chi connectivity index (χ3n) is 3.06. The van der Waals surface area contributed by atoms with Gasteiger partial charge in [-0.25, -0.2) is 0 Å². The third-order valence-corrected chi connectivity index (χ3v) is 3.06. The van der Waals surface area contributed by atoms with Crippen molar-refractivity contribution >= 4 is 17.8 Å². The quantitative estimate of drug-likeness (QED) is 0.678. The van der Waals surface area contributed by atoms with E-state index >= 15 is 0 Å². The molecule has 1 aromatic heterocycles. The molecule has 0 radical (unpaired) electrons. The molecule has 0 saturated heterocycles. The van der Waals surface area contributed by atoms with E-state index < -0.39 is 0 Å². The van der Waals surface area contributed by atoms with E-state index in [0.717, 1.165) is 32.7 Å². The zero-order valence-electron chi connectivity index (χ0n) is 14.0. The van der Waals surface area contributed by atoms with Crippen LogP contribution >= 0.6 is 0 Å². The van der Waals surface area contributed by atoms with Gasteiger partial charge in [0, 0.05) is 33.7 Å². The van der Waals surface area contributed by atoms with Gasteiger partial charge in [-0.3, -0.25) is 0 Å². The number of aromatic nitrogens is 3. The van der Waals surface area contributed by atoms with Gasteiger partial charge < -0.3 is 20.4 Å². The van der Waals surface area contributed by atoms with Crippen LogP contribution in [0, 0.1) is 0 Å². The Hall–Kier alpha value is -1.63. The second-order valence-electron chi connectivity index (χ2n) is 5.07. The van der Waals surface area contributed by atoms with Crippen molar-refractivity contribution in [3.05, 3.63) is 0 Å². The van der Waals surface area contributed by atoms with Gasteiger partial charge in [-0.15, -0.1) is 0 Å². The minimum atomic E-state index is 0.611. The molecule has 0 spiro atoms. The second-order valence-corrected chi connectivity index (χ2v) is 5.07. The molecule has 0 fully saturated rings. The maximum Gasteiger partial charge on any atom is 0.231 e. The molecule has 0 aliphatic heterocycles. The van der Waals surface area contributed by atoms with Gasteiger partial charge in [0.05, 0.1) is 0 Å². The standard InChI is InChI=1S/C14H29N7/c1-6-10-21(8-3)11-9-16-13-17-12(15-7-2)18-14(19-13)20(4)5/h6-11H2,1-5H3,(H2,15,16,17,18,19). The van der Waals surface area contributed by atoms with Gasteiger partial charge in [-0.05, 0) is 26.4 Å². The topological polar surface area (TPSA) is 69.2 Å². The lowest BCUT2D eigenvalue weighted by Gasteiger charge is -2.20. The number of rotatable bonds is 10. The molecule has 21 heavy (non-hydrogen) atoms. The Kier molecular flexibility index (Phi) is 7.74. The normalized spacial score (nSPS) is 10.8. The zero-order chi connectivity index (χ0) is 15.7. The summed E-state index contributed by atoms with van der Waals surface area (Å²) in [6.07, 6.45) is 1.18. The van der Waals surface area contributed by atoms with Crippen LogP contribution in [0.5, 0.6) is 0 Å². The van der Waals surface area contributed by atoms with Gasteiger partial charge in [-0.1, -0.05) is 13.8 Å². The molecule has 0 aromatic carbocycles. The van der Waals surface area contributed by atoms with Crippen molar-refractivity contribution in [2.75, 3.05) is 62.4 Å². The van der Waals surface area contributed by atoms with Crippen LogP contribution in [0.1, 0.15) is 27.2 Å². The molecule has 7 nitrogen and oxygen atoms in total. The monoisotopic (exact) mass is 295 g/mol. The molecular weight excluding hydrogens is 266 g/mol. The van der Waals surface area contributed by atoms with E-state index in [1.54, 1.807) is 0 Å². The number of anilines is 3. The van der Waals surface area contributed by atoms with E-state index in [1.165, 1.54) is 6.42 Å². The molecule has 7 heteroatoms. The van der Waals surface area contributed by atoms with E-state index in [4.69, 9.17) is 0 Å². The Morgan fingerprint density at radius 1 is 0.905 bits per heavy atom. The van der Waals surface area contributed by atoms with Crippen molar-refractivity contribution < 1.29 is 0 Å². The molecule has 0 atom stereocenters. The molecule has 120 valence electrons. The Labute approximate surface area is 128 Å². The molecule has 0 saturated carbocycles. The predicted molar refractivity (Wildman–Crippen MR) is 89.2 cm³/mol. The highest BCUT2D eigenvalue weighted by Crippen LogP contribution is 2.11. The maximum absolute atomic E-state index is 4.42. The summed E-state index contributed by atoms with van der Waals surface area (Å²) < 4.78 is 0. The van der Waals surface area contributed by atoms with Gasteiger partial charge in [-0.2, -0.15) is 15.0 Å². The van der Waals surface area contributed by atoms with Crippen LogP contribution in [0.2, 0.25) is 0 Å². The summed E-state index contributed by atoms with van der Waals surface area (Å²) >= 11 is 0. The van der Waals surface area contributed by atoms with Crippen molar-refractivity contribution in [3.8, 4) is 0 Å². The van der Waals surface area contributed by atoms with Gasteiger partial charge in [0.15, 0.2) is 0 Å². The summed E-state index contributed by atoms with van der Waals surface area (Å²) in [5.74, 6) is 1.89. The predicted octanol–water partition coefficient (Wildman–Crippen LogP) is 1.51. The zero-order valence-corrected chi connectivity index (χ0v) is 14.0. The smallest absolute Gasteiger partial charge is 0.231 e. The summed E-state index contributed by atoms with van der Waals surface area (Å²) in [4.78, 5) is 17.4. The molecule has 0 bridgehead atoms. The summed E-state index contributed by atoms with van der Waals surface area (Å²) in [6, 6.07) is 0. The van der Waals surface area contributed by atoms with Gasteiger partial charge in [0.1, 0.15) is 0 Å². The molecule has 2 N–H and O–H groups in total. The highest BCUT2D eigenvalue weighted by atomic mass is 15.3. The lowest BCUT2D eigenvalue weighted by atomic mass is 10.4.